The SMILES string of the molecule is CCN(CCN(C)C(C)(C)C(=O)O)C(C)(C)C(=O)O. The number of carbonyl (C=O) groups is 2. The van der Waals surface area contributed by atoms with E-state index < -0.39 is 23.0 Å². The first-order valence-corrected chi connectivity index (χ1v) is 6.41. The van der Waals surface area contributed by atoms with E-state index in [1.165, 1.54) is 0 Å². The average Bonchev–Trinajstić information content (AvgIpc) is 2.28. The summed E-state index contributed by atoms with van der Waals surface area (Å²) in [4.78, 5) is 25.9. The molecule has 0 saturated heterocycles. The van der Waals surface area contributed by atoms with Gasteiger partial charge < -0.3 is 10.2 Å². The molecule has 0 saturated carbocycles. The fourth-order valence-electron chi connectivity index (χ4n) is 1.68. The molecule has 0 rings (SSSR count). The Hall–Kier alpha value is -1.14. The van der Waals surface area contributed by atoms with E-state index in [1.54, 1.807) is 39.6 Å². The maximum Gasteiger partial charge on any atom is 0.323 e. The standard InChI is InChI=1S/C13H26N2O4/c1-7-15(13(4,5)11(18)19)9-8-14(6)12(2,3)10(16)17/h7-9H2,1-6H3,(H,16,17)(H,18,19). The summed E-state index contributed by atoms with van der Waals surface area (Å²) in [5.41, 5.74) is -1.92. The second-order valence-electron chi connectivity index (χ2n) is 5.73. The van der Waals surface area contributed by atoms with Gasteiger partial charge in [-0.1, -0.05) is 6.92 Å². The van der Waals surface area contributed by atoms with Crippen LogP contribution in [0.1, 0.15) is 34.6 Å². The van der Waals surface area contributed by atoms with Gasteiger partial charge >= 0.3 is 11.9 Å². The van der Waals surface area contributed by atoms with E-state index in [4.69, 9.17) is 5.11 Å². The number of hydrogen-bond donors (Lipinski definition) is 2. The monoisotopic (exact) mass is 274 g/mol. The lowest BCUT2D eigenvalue weighted by Gasteiger charge is -2.38. The van der Waals surface area contributed by atoms with Crippen molar-refractivity contribution in [2.75, 3.05) is 26.7 Å². The molecule has 0 fully saturated rings. The van der Waals surface area contributed by atoms with Gasteiger partial charge in [0, 0.05) is 13.1 Å². The first-order valence-electron chi connectivity index (χ1n) is 6.41. The van der Waals surface area contributed by atoms with Crippen LogP contribution in [0.2, 0.25) is 0 Å². The Morgan fingerprint density at radius 3 is 1.68 bits per heavy atom. The van der Waals surface area contributed by atoms with Crippen LogP contribution in [0.4, 0.5) is 0 Å². The Labute approximate surface area is 115 Å². The minimum Gasteiger partial charge on any atom is -0.480 e. The summed E-state index contributed by atoms with van der Waals surface area (Å²) in [6.45, 7) is 10.1. The zero-order valence-electron chi connectivity index (χ0n) is 12.7. The minimum atomic E-state index is -0.965. The molecule has 0 aromatic heterocycles. The number of aliphatic carboxylic acids is 2. The third kappa shape index (κ3) is 4.18. The Balaban J connectivity index is 4.70. The zero-order valence-corrected chi connectivity index (χ0v) is 12.7. The van der Waals surface area contributed by atoms with Crippen molar-refractivity contribution in [2.45, 2.75) is 45.7 Å². The molecular weight excluding hydrogens is 248 g/mol. The summed E-state index contributed by atoms with van der Waals surface area (Å²) in [6.07, 6.45) is 0. The first kappa shape index (κ1) is 17.9. The number of carboxylic acids is 2. The van der Waals surface area contributed by atoms with Crippen LogP contribution in [0.25, 0.3) is 0 Å². The molecule has 6 heteroatoms. The Bertz CT molecular complexity index is 340. The van der Waals surface area contributed by atoms with Crippen molar-refractivity contribution in [3.63, 3.8) is 0 Å². The number of carboxylic acid groups (broad SMARTS) is 2. The molecule has 112 valence electrons. The van der Waals surface area contributed by atoms with Gasteiger partial charge in [0.1, 0.15) is 11.1 Å². The van der Waals surface area contributed by atoms with Crippen molar-refractivity contribution in [1.82, 2.24) is 9.80 Å². The molecule has 0 aromatic carbocycles. The molecule has 0 aliphatic carbocycles. The molecule has 0 amide bonds. The normalized spacial score (nSPS) is 13.1. The summed E-state index contributed by atoms with van der Waals surface area (Å²) < 4.78 is 0. The number of nitrogens with zero attached hydrogens (tertiary/aromatic N) is 2. The molecule has 6 nitrogen and oxygen atoms in total. The van der Waals surface area contributed by atoms with Crippen LogP contribution in [-0.4, -0.2) is 69.7 Å². The highest BCUT2D eigenvalue weighted by Gasteiger charge is 2.36. The predicted octanol–water partition coefficient (Wildman–Crippen LogP) is 0.966. The van der Waals surface area contributed by atoms with E-state index in [0.717, 1.165) is 0 Å². The predicted molar refractivity (Wildman–Crippen MR) is 73.3 cm³/mol. The van der Waals surface area contributed by atoms with Crippen molar-refractivity contribution in [3.05, 3.63) is 0 Å². The lowest BCUT2D eigenvalue weighted by Crippen LogP contribution is -2.55. The molecule has 0 unspecified atom stereocenters. The van der Waals surface area contributed by atoms with E-state index in [0.29, 0.717) is 19.6 Å². The lowest BCUT2D eigenvalue weighted by molar-refractivity contribution is -0.151. The van der Waals surface area contributed by atoms with Crippen LogP contribution in [0.5, 0.6) is 0 Å². The fraction of sp³-hybridized carbons (Fsp3) is 0.846. The smallest absolute Gasteiger partial charge is 0.323 e. The van der Waals surface area contributed by atoms with Crippen LogP contribution in [-0.2, 0) is 9.59 Å². The molecule has 2 N–H and O–H groups in total. The van der Waals surface area contributed by atoms with Crippen molar-refractivity contribution in [1.29, 1.82) is 0 Å². The van der Waals surface area contributed by atoms with E-state index >= 15 is 0 Å². The van der Waals surface area contributed by atoms with Crippen molar-refractivity contribution in [2.24, 2.45) is 0 Å². The van der Waals surface area contributed by atoms with Crippen LogP contribution in [0, 0.1) is 0 Å². The molecular formula is C13H26N2O4. The molecule has 0 radical (unpaired) electrons. The van der Waals surface area contributed by atoms with Gasteiger partial charge in [-0.25, -0.2) is 0 Å². The van der Waals surface area contributed by atoms with E-state index in [2.05, 4.69) is 0 Å². The van der Waals surface area contributed by atoms with Gasteiger partial charge in [-0.05, 0) is 41.3 Å². The maximum atomic E-state index is 11.2. The van der Waals surface area contributed by atoms with Crippen LogP contribution in [0.3, 0.4) is 0 Å². The van der Waals surface area contributed by atoms with Crippen LogP contribution < -0.4 is 0 Å². The second-order valence-corrected chi connectivity index (χ2v) is 5.73. The van der Waals surface area contributed by atoms with E-state index in [9.17, 15) is 14.7 Å². The second kappa shape index (κ2) is 6.34. The summed E-state index contributed by atoms with van der Waals surface area (Å²) in [5, 5.41) is 18.3. The fourth-order valence-corrected chi connectivity index (χ4v) is 1.68. The molecule has 0 aliphatic heterocycles. The van der Waals surface area contributed by atoms with E-state index in [1.807, 2.05) is 11.8 Å². The molecule has 0 aliphatic rings. The first-order chi connectivity index (χ1) is 8.47. The topological polar surface area (TPSA) is 81.1 Å². The van der Waals surface area contributed by atoms with Gasteiger partial charge in [0.25, 0.3) is 0 Å². The quantitative estimate of drug-likeness (QED) is 0.686. The van der Waals surface area contributed by atoms with Crippen molar-refractivity contribution < 1.29 is 19.8 Å². The Kier molecular flexibility index (Phi) is 5.96. The minimum absolute atomic E-state index is 0.490. The molecule has 0 spiro atoms. The maximum absolute atomic E-state index is 11.2. The van der Waals surface area contributed by atoms with Crippen molar-refractivity contribution in [3.8, 4) is 0 Å². The number of likely N-dealkylation sites (N-methyl/N-ethyl adjacent to an activating group) is 2. The summed E-state index contributed by atoms with van der Waals surface area (Å²) in [5.74, 6) is -1.77. The molecule has 0 bridgehead atoms. The van der Waals surface area contributed by atoms with Gasteiger partial charge in [0.05, 0.1) is 0 Å². The van der Waals surface area contributed by atoms with Crippen LogP contribution >= 0.6 is 0 Å². The summed E-state index contributed by atoms with van der Waals surface area (Å²) >= 11 is 0. The molecule has 0 atom stereocenters. The third-order valence-electron chi connectivity index (χ3n) is 3.88. The largest absolute Gasteiger partial charge is 0.480 e. The van der Waals surface area contributed by atoms with Gasteiger partial charge in [0.2, 0.25) is 0 Å². The van der Waals surface area contributed by atoms with Gasteiger partial charge in [-0.3, -0.25) is 19.4 Å². The van der Waals surface area contributed by atoms with E-state index in [-0.39, 0.29) is 0 Å². The summed E-state index contributed by atoms with van der Waals surface area (Å²) in [6, 6.07) is 0. The van der Waals surface area contributed by atoms with Gasteiger partial charge in [-0.2, -0.15) is 0 Å². The molecule has 0 aromatic rings. The highest BCUT2D eigenvalue weighted by atomic mass is 16.4. The lowest BCUT2D eigenvalue weighted by atomic mass is 10.0. The Morgan fingerprint density at radius 2 is 1.37 bits per heavy atom. The number of hydrogen-bond acceptors (Lipinski definition) is 4. The highest BCUT2D eigenvalue weighted by molar-refractivity contribution is 5.78. The highest BCUT2D eigenvalue weighted by Crippen LogP contribution is 2.16. The van der Waals surface area contributed by atoms with Gasteiger partial charge in [0.15, 0.2) is 0 Å². The van der Waals surface area contributed by atoms with Gasteiger partial charge in [-0.15, -0.1) is 0 Å². The van der Waals surface area contributed by atoms with Crippen LogP contribution in [0.15, 0.2) is 0 Å². The Morgan fingerprint density at radius 1 is 0.947 bits per heavy atom. The zero-order chi connectivity index (χ0) is 15.4. The molecule has 19 heavy (non-hydrogen) atoms. The third-order valence-corrected chi connectivity index (χ3v) is 3.88. The van der Waals surface area contributed by atoms with Crippen molar-refractivity contribution >= 4 is 11.9 Å². The summed E-state index contributed by atoms with van der Waals surface area (Å²) in [7, 11) is 1.73. The molecule has 0 heterocycles. The average molecular weight is 274 g/mol. The number of rotatable bonds is 8.